The molecule has 0 aromatic carbocycles. The number of fused-ring (bicyclic) bond motifs is 1. The first-order valence-electron chi connectivity index (χ1n) is 8.15. The molecule has 3 heterocycles. The number of rotatable bonds is 5. The highest BCUT2D eigenvalue weighted by molar-refractivity contribution is 5.25. The van der Waals surface area contributed by atoms with E-state index in [1.807, 2.05) is 0 Å². The highest BCUT2D eigenvalue weighted by atomic mass is 16.5. The Hall–Kier alpha value is -0.910. The number of methoxy groups -OCH3 is 1. The van der Waals surface area contributed by atoms with E-state index in [2.05, 4.69) is 27.8 Å². The van der Waals surface area contributed by atoms with E-state index in [-0.39, 0.29) is 0 Å². The lowest BCUT2D eigenvalue weighted by atomic mass is 9.94. The molecule has 0 bridgehead atoms. The van der Waals surface area contributed by atoms with Crippen LogP contribution >= 0.6 is 0 Å². The molecule has 1 fully saturated rings. The van der Waals surface area contributed by atoms with Crippen LogP contribution in [0.2, 0.25) is 0 Å². The topological polar surface area (TPSA) is 39.5 Å². The summed E-state index contributed by atoms with van der Waals surface area (Å²) in [7, 11) is 1.80. The van der Waals surface area contributed by atoms with Crippen LogP contribution in [0.25, 0.3) is 0 Å². The molecule has 2 aliphatic heterocycles. The Bertz CT molecular complexity index is 454. The monoisotopic (exact) mass is 293 g/mol. The van der Waals surface area contributed by atoms with Gasteiger partial charge in [-0.25, -0.2) is 0 Å². The highest BCUT2D eigenvalue weighted by Crippen LogP contribution is 2.30. The molecule has 1 saturated heterocycles. The lowest BCUT2D eigenvalue weighted by Crippen LogP contribution is -2.39. The van der Waals surface area contributed by atoms with Gasteiger partial charge in [0.25, 0.3) is 0 Å². The van der Waals surface area contributed by atoms with E-state index in [0.717, 1.165) is 45.4 Å². The first kappa shape index (κ1) is 15.0. The van der Waals surface area contributed by atoms with Crippen molar-refractivity contribution in [2.24, 2.45) is 5.92 Å². The molecule has 1 atom stereocenters. The second-order valence-corrected chi connectivity index (χ2v) is 6.27. The van der Waals surface area contributed by atoms with E-state index < -0.39 is 0 Å². The van der Waals surface area contributed by atoms with Gasteiger partial charge in [0, 0.05) is 63.7 Å². The van der Waals surface area contributed by atoms with Crippen molar-refractivity contribution >= 4 is 0 Å². The zero-order valence-electron chi connectivity index (χ0n) is 13.3. The summed E-state index contributed by atoms with van der Waals surface area (Å²) in [6.45, 7) is 9.04. The third-order valence-corrected chi connectivity index (χ3v) is 4.74. The zero-order valence-corrected chi connectivity index (χ0v) is 13.3. The maximum Gasteiger partial charge on any atom is 0.0558 e. The fraction of sp³-hybridized carbons (Fsp3) is 0.812. The molecule has 118 valence electrons. The maximum atomic E-state index is 5.47. The summed E-state index contributed by atoms with van der Waals surface area (Å²) in [6.07, 6.45) is 4.46. The molecule has 0 spiro atoms. The van der Waals surface area contributed by atoms with Gasteiger partial charge in [0.15, 0.2) is 0 Å². The van der Waals surface area contributed by atoms with Gasteiger partial charge < -0.3 is 9.47 Å². The Morgan fingerprint density at radius 2 is 2.19 bits per heavy atom. The van der Waals surface area contributed by atoms with E-state index in [4.69, 9.17) is 9.47 Å². The molecule has 5 nitrogen and oxygen atoms in total. The van der Waals surface area contributed by atoms with Gasteiger partial charge >= 0.3 is 0 Å². The molecule has 0 aliphatic carbocycles. The normalized spacial score (nSPS) is 24.2. The lowest BCUT2D eigenvalue weighted by molar-refractivity contribution is 0.0459. The van der Waals surface area contributed by atoms with Gasteiger partial charge in [-0.2, -0.15) is 5.10 Å². The van der Waals surface area contributed by atoms with Crippen LogP contribution in [0.3, 0.4) is 0 Å². The Balaban J connectivity index is 1.71. The van der Waals surface area contributed by atoms with Crippen LogP contribution in [0.15, 0.2) is 6.20 Å². The van der Waals surface area contributed by atoms with Crippen LogP contribution in [0.5, 0.6) is 0 Å². The highest BCUT2D eigenvalue weighted by Gasteiger charge is 2.30. The van der Waals surface area contributed by atoms with Crippen molar-refractivity contribution in [3.63, 3.8) is 0 Å². The van der Waals surface area contributed by atoms with Gasteiger partial charge in [0.2, 0.25) is 0 Å². The van der Waals surface area contributed by atoms with Crippen molar-refractivity contribution < 1.29 is 9.47 Å². The summed E-state index contributed by atoms with van der Waals surface area (Å²) in [5, 5.41) is 4.54. The van der Waals surface area contributed by atoms with E-state index in [1.54, 1.807) is 7.11 Å². The number of hydrogen-bond acceptors (Lipinski definition) is 4. The second kappa shape index (κ2) is 6.90. The van der Waals surface area contributed by atoms with Crippen LogP contribution in [0.4, 0.5) is 0 Å². The molecule has 3 rings (SSSR count). The number of hydrogen-bond donors (Lipinski definition) is 0. The van der Waals surface area contributed by atoms with Crippen molar-refractivity contribution in [2.75, 3.05) is 40.0 Å². The minimum Gasteiger partial charge on any atom is -0.384 e. The quantitative estimate of drug-likeness (QED) is 0.831. The fourth-order valence-electron chi connectivity index (χ4n) is 3.75. The number of aromatic nitrogens is 2. The lowest BCUT2D eigenvalue weighted by Gasteiger charge is -2.36. The van der Waals surface area contributed by atoms with Crippen molar-refractivity contribution in [2.45, 2.75) is 38.8 Å². The van der Waals surface area contributed by atoms with Crippen molar-refractivity contribution in [3.8, 4) is 0 Å². The van der Waals surface area contributed by atoms with E-state index in [9.17, 15) is 0 Å². The predicted molar refractivity (Wildman–Crippen MR) is 81.3 cm³/mol. The third kappa shape index (κ3) is 3.30. The predicted octanol–water partition coefficient (Wildman–Crippen LogP) is 1.88. The van der Waals surface area contributed by atoms with Crippen LogP contribution < -0.4 is 0 Å². The minimum atomic E-state index is 0.445. The molecule has 0 N–H and O–H groups in total. The molecule has 1 aromatic rings. The van der Waals surface area contributed by atoms with Gasteiger partial charge in [0.1, 0.15) is 0 Å². The fourth-order valence-corrected chi connectivity index (χ4v) is 3.75. The molecule has 5 heteroatoms. The van der Waals surface area contributed by atoms with E-state index >= 15 is 0 Å². The summed E-state index contributed by atoms with van der Waals surface area (Å²) in [5.41, 5.74) is 2.78. The molecular weight excluding hydrogens is 266 g/mol. The number of ether oxygens (including phenoxy) is 2. The van der Waals surface area contributed by atoms with Crippen molar-refractivity contribution in [3.05, 3.63) is 17.5 Å². The first-order valence-corrected chi connectivity index (χ1v) is 8.15. The smallest absolute Gasteiger partial charge is 0.0558 e. The first-order chi connectivity index (χ1) is 10.3. The van der Waals surface area contributed by atoms with Gasteiger partial charge in [-0.1, -0.05) is 0 Å². The molecule has 0 saturated carbocycles. The largest absolute Gasteiger partial charge is 0.384 e. The van der Waals surface area contributed by atoms with Gasteiger partial charge in [-0.05, 0) is 25.7 Å². The molecule has 1 unspecified atom stereocenters. The Kier molecular flexibility index (Phi) is 4.93. The Labute approximate surface area is 127 Å². The molecule has 0 radical (unpaired) electrons. The van der Waals surface area contributed by atoms with Crippen molar-refractivity contribution in [1.29, 1.82) is 0 Å². The van der Waals surface area contributed by atoms with Crippen LogP contribution in [-0.4, -0.2) is 54.7 Å². The summed E-state index contributed by atoms with van der Waals surface area (Å²) in [4.78, 5) is 2.59. The Morgan fingerprint density at radius 1 is 1.38 bits per heavy atom. The van der Waals surface area contributed by atoms with E-state index in [0.29, 0.717) is 5.92 Å². The van der Waals surface area contributed by atoms with Crippen LogP contribution in [-0.2, 0) is 22.6 Å². The van der Waals surface area contributed by atoms with Gasteiger partial charge in [-0.15, -0.1) is 0 Å². The van der Waals surface area contributed by atoms with Gasteiger partial charge in [0.05, 0.1) is 12.8 Å². The minimum absolute atomic E-state index is 0.445. The zero-order chi connectivity index (χ0) is 14.7. The Morgan fingerprint density at radius 3 is 2.90 bits per heavy atom. The summed E-state index contributed by atoms with van der Waals surface area (Å²) >= 11 is 0. The number of aryl methyl sites for hydroxylation is 1. The van der Waals surface area contributed by atoms with Crippen LogP contribution in [0, 0.1) is 5.92 Å². The average Bonchev–Trinajstić information content (AvgIpc) is 2.92. The van der Waals surface area contributed by atoms with Gasteiger partial charge in [-0.3, -0.25) is 9.58 Å². The molecule has 0 amide bonds. The molecule has 1 aromatic heterocycles. The second-order valence-electron chi connectivity index (χ2n) is 6.27. The van der Waals surface area contributed by atoms with E-state index in [1.165, 1.54) is 30.6 Å². The SMILES string of the molecule is CCn1ncc2c1C(COC)CN(CC1CCOCC1)C2. The molecule has 21 heavy (non-hydrogen) atoms. The molecule has 2 aliphatic rings. The third-order valence-electron chi connectivity index (χ3n) is 4.74. The summed E-state index contributed by atoms with van der Waals surface area (Å²) in [6, 6.07) is 0. The maximum absolute atomic E-state index is 5.47. The van der Waals surface area contributed by atoms with Crippen LogP contribution in [0.1, 0.15) is 36.9 Å². The summed E-state index contributed by atoms with van der Waals surface area (Å²) in [5.74, 6) is 1.23. The molecular formula is C16H27N3O2. The standard InChI is InChI=1S/C16H27N3O2/c1-3-19-16-14(8-17-19)10-18(11-15(16)12-20-2)9-13-4-6-21-7-5-13/h8,13,15H,3-7,9-12H2,1-2H3. The summed E-state index contributed by atoms with van der Waals surface area (Å²) < 4.78 is 13.1. The van der Waals surface area contributed by atoms with Crippen molar-refractivity contribution in [1.82, 2.24) is 14.7 Å². The average molecular weight is 293 g/mol. The number of nitrogens with zero attached hydrogens (tertiary/aromatic N) is 3.